The Morgan fingerprint density at radius 1 is 1.25 bits per heavy atom. The number of benzene rings is 1. The second-order valence-corrected chi connectivity index (χ2v) is 8.22. The minimum Gasteiger partial charge on any atom is -0.437 e. The number of aryl methyl sites for hydroxylation is 1. The second-order valence-electron chi connectivity index (χ2n) is 8.22. The van der Waals surface area contributed by atoms with Crippen LogP contribution in [0.3, 0.4) is 0 Å². The van der Waals surface area contributed by atoms with Crippen LogP contribution in [0.25, 0.3) is 0 Å². The van der Waals surface area contributed by atoms with E-state index in [0.717, 1.165) is 51.4 Å². The highest BCUT2D eigenvalue weighted by Crippen LogP contribution is 2.24. The first-order valence-electron chi connectivity index (χ1n) is 10.2. The van der Waals surface area contributed by atoms with Crippen LogP contribution in [0.2, 0.25) is 0 Å². The van der Waals surface area contributed by atoms with Gasteiger partial charge in [-0.15, -0.1) is 5.10 Å². The Morgan fingerprint density at radius 2 is 2.04 bits per heavy atom. The van der Waals surface area contributed by atoms with Crippen molar-refractivity contribution in [2.24, 2.45) is 5.10 Å². The van der Waals surface area contributed by atoms with Gasteiger partial charge in [0.1, 0.15) is 0 Å². The van der Waals surface area contributed by atoms with Gasteiger partial charge in [-0.1, -0.05) is 6.07 Å². The maximum atomic E-state index is 10.1. The van der Waals surface area contributed by atoms with Crippen molar-refractivity contribution < 1.29 is 9.84 Å². The predicted molar refractivity (Wildman–Crippen MR) is 110 cm³/mol. The van der Waals surface area contributed by atoms with Gasteiger partial charge in [0.15, 0.2) is 0 Å². The molecule has 3 heterocycles. The molecule has 8 nitrogen and oxygen atoms in total. The maximum Gasteiger partial charge on any atom is 0.313 e. The fourth-order valence-electron chi connectivity index (χ4n) is 4.12. The van der Waals surface area contributed by atoms with Crippen molar-refractivity contribution in [3.8, 4) is 0 Å². The number of aliphatic hydroxyl groups excluding tert-OH is 1. The third kappa shape index (κ3) is 4.25. The van der Waals surface area contributed by atoms with Crippen LogP contribution < -0.4 is 16.1 Å². The molecular weight excluding hydrogens is 356 g/mol. The molecule has 3 atom stereocenters. The van der Waals surface area contributed by atoms with Crippen LogP contribution in [0.5, 0.6) is 0 Å². The predicted octanol–water partition coefficient (Wildman–Crippen LogP) is 0.402. The number of amidine groups is 1. The summed E-state index contributed by atoms with van der Waals surface area (Å²) in [6, 6.07) is 4.71. The third-order valence-electron chi connectivity index (χ3n) is 5.98. The van der Waals surface area contributed by atoms with Crippen LogP contribution >= 0.6 is 0 Å². The fourth-order valence-corrected chi connectivity index (χ4v) is 4.12. The van der Waals surface area contributed by atoms with E-state index in [9.17, 15) is 5.11 Å². The Morgan fingerprint density at radius 3 is 2.75 bits per heavy atom. The molecule has 1 aromatic carbocycles. The summed E-state index contributed by atoms with van der Waals surface area (Å²) in [6.07, 6.45) is -0.0282. The summed E-state index contributed by atoms with van der Waals surface area (Å²) in [5.74, 6) is 0. The number of anilines is 1. The normalized spacial score (nSPS) is 28.7. The number of rotatable bonds is 4. The van der Waals surface area contributed by atoms with Gasteiger partial charge >= 0.3 is 6.02 Å². The van der Waals surface area contributed by atoms with Crippen molar-refractivity contribution in [1.29, 1.82) is 0 Å². The summed E-state index contributed by atoms with van der Waals surface area (Å²) in [7, 11) is 2.18. The molecular formula is C20H32N6O2. The zero-order chi connectivity index (χ0) is 19.7. The van der Waals surface area contributed by atoms with Gasteiger partial charge in [-0.25, -0.2) is 0 Å². The molecule has 28 heavy (non-hydrogen) atoms. The summed E-state index contributed by atoms with van der Waals surface area (Å²) in [4.78, 5) is 4.89. The monoisotopic (exact) mass is 388 g/mol. The molecule has 3 aliphatic rings. The summed E-state index contributed by atoms with van der Waals surface area (Å²) < 4.78 is 5.91. The number of hydrazone groups is 1. The van der Waals surface area contributed by atoms with Gasteiger partial charge in [-0.3, -0.25) is 10.3 Å². The van der Waals surface area contributed by atoms with Crippen molar-refractivity contribution in [3.05, 3.63) is 28.8 Å². The number of nitrogens with zero attached hydrogens (tertiary/aromatic N) is 3. The second kappa shape index (κ2) is 8.24. The Labute approximate surface area is 166 Å². The Bertz CT molecular complexity index is 732. The number of hydrogen-bond donors (Lipinski definition) is 4. The lowest BCUT2D eigenvalue weighted by Gasteiger charge is -2.33. The van der Waals surface area contributed by atoms with E-state index in [1.54, 1.807) is 0 Å². The van der Waals surface area contributed by atoms with Crippen LogP contribution in [0.1, 0.15) is 23.1 Å². The molecule has 0 aromatic heterocycles. The first-order valence-corrected chi connectivity index (χ1v) is 10.2. The molecule has 0 saturated carbocycles. The minimum absolute atomic E-state index is 0.144. The van der Waals surface area contributed by atoms with Gasteiger partial charge < -0.3 is 25.4 Å². The average molecular weight is 389 g/mol. The summed E-state index contributed by atoms with van der Waals surface area (Å²) in [6.45, 7) is 10.5. The SMILES string of the molecule is Cc1cc(CN2CCN(C)CC2)c(C)c(NC2=NNC(C3NCCC3O)O2)c1. The zero-order valence-electron chi connectivity index (χ0n) is 17.0. The van der Waals surface area contributed by atoms with E-state index in [-0.39, 0.29) is 12.3 Å². The van der Waals surface area contributed by atoms with E-state index >= 15 is 0 Å². The van der Waals surface area contributed by atoms with Crippen molar-refractivity contribution in [3.63, 3.8) is 0 Å². The van der Waals surface area contributed by atoms with E-state index in [4.69, 9.17) is 4.74 Å². The number of likely N-dealkylation sites (N-methyl/N-ethyl adjacent to an activating group) is 1. The summed E-state index contributed by atoms with van der Waals surface area (Å²) in [5, 5.41) is 20.9. The quantitative estimate of drug-likeness (QED) is 0.594. The maximum absolute atomic E-state index is 10.1. The van der Waals surface area contributed by atoms with Crippen LogP contribution in [0, 0.1) is 13.8 Å². The molecule has 4 N–H and O–H groups in total. The standard InChI is InChI=1S/C20H32N6O2/c1-13-10-15(12-26-8-6-25(3)7-9-26)14(2)16(11-13)22-20-24-23-19(28-20)18-17(27)4-5-21-18/h10-11,17-19,21,23,27H,4-9,12H2,1-3H3,(H,22,24). The topological polar surface area (TPSA) is 84.4 Å². The van der Waals surface area contributed by atoms with Gasteiger partial charge in [0, 0.05) is 38.4 Å². The smallest absolute Gasteiger partial charge is 0.313 e. The molecule has 2 fully saturated rings. The first kappa shape index (κ1) is 19.4. The number of hydrogen-bond acceptors (Lipinski definition) is 8. The van der Waals surface area contributed by atoms with Crippen molar-refractivity contribution >= 4 is 11.7 Å². The first-order chi connectivity index (χ1) is 13.5. The highest BCUT2D eigenvalue weighted by Gasteiger charge is 2.36. The number of piperazine rings is 1. The van der Waals surface area contributed by atoms with Gasteiger partial charge in [0.25, 0.3) is 0 Å². The van der Waals surface area contributed by atoms with E-state index in [2.05, 4.69) is 64.0 Å². The molecule has 3 aliphatic heterocycles. The molecule has 8 heteroatoms. The van der Waals surface area contributed by atoms with Crippen LogP contribution in [0.15, 0.2) is 17.2 Å². The Hall–Kier alpha value is -1.87. The van der Waals surface area contributed by atoms with Crippen molar-refractivity contribution in [2.75, 3.05) is 45.1 Å². The molecule has 3 unspecified atom stereocenters. The molecule has 2 saturated heterocycles. The van der Waals surface area contributed by atoms with Crippen LogP contribution in [0.4, 0.5) is 5.69 Å². The Kier molecular flexibility index (Phi) is 5.73. The molecule has 0 spiro atoms. The molecule has 154 valence electrons. The Balaban J connectivity index is 1.41. The van der Waals surface area contributed by atoms with E-state index in [1.807, 2.05) is 0 Å². The summed E-state index contributed by atoms with van der Waals surface area (Å²) >= 11 is 0. The lowest BCUT2D eigenvalue weighted by molar-refractivity contribution is 0.0675. The fraction of sp³-hybridized carbons (Fsp3) is 0.650. The lowest BCUT2D eigenvalue weighted by atomic mass is 10.0. The molecule has 4 rings (SSSR count). The largest absolute Gasteiger partial charge is 0.437 e. The van der Waals surface area contributed by atoms with Crippen LogP contribution in [-0.2, 0) is 11.3 Å². The number of nitrogens with one attached hydrogen (secondary N) is 3. The molecule has 0 bridgehead atoms. The minimum atomic E-state index is -0.414. The van der Waals surface area contributed by atoms with Gasteiger partial charge in [-0.05, 0) is 56.6 Å². The molecule has 1 aromatic rings. The van der Waals surface area contributed by atoms with E-state index in [1.165, 1.54) is 16.7 Å². The highest BCUT2D eigenvalue weighted by molar-refractivity contribution is 5.90. The van der Waals surface area contributed by atoms with Gasteiger partial charge in [-0.2, -0.15) is 0 Å². The van der Waals surface area contributed by atoms with Crippen LogP contribution in [-0.4, -0.2) is 79.1 Å². The zero-order valence-corrected chi connectivity index (χ0v) is 17.0. The van der Waals surface area contributed by atoms with Crippen molar-refractivity contribution in [1.82, 2.24) is 20.5 Å². The van der Waals surface area contributed by atoms with Gasteiger partial charge in [0.2, 0.25) is 6.23 Å². The van der Waals surface area contributed by atoms with Crippen molar-refractivity contribution in [2.45, 2.75) is 45.2 Å². The number of aliphatic hydroxyl groups is 1. The molecule has 0 amide bonds. The van der Waals surface area contributed by atoms with E-state index < -0.39 is 6.10 Å². The highest BCUT2D eigenvalue weighted by atomic mass is 16.5. The van der Waals surface area contributed by atoms with E-state index in [0.29, 0.717) is 6.02 Å². The molecule has 0 aliphatic carbocycles. The third-order valence-corrected chi connectivity index (χ3v) is 5.98. The number of ether oxygens (including phenoxy) is 1. The molecule has 0 radical (unpaired) electrons. The summed E-state index contributed by atoms with van der Waals surface area (Å²) in [5.41, 5.74) is 7.78. The average Bonchev–Trinajstić information content (AvgIpc) is 3.29. The lowest BCUT2D eigenvalue weighted by Crippen LogP contribution is -2.47. The van der Waals surface area contributed by atoms with Gasteiger partial charge in [0.05, 0.1) is 12.1 Å².